The summed E-state index contributed by atoms with van der Waals surface area (Å²) in [7, 11) is -2.81. The van der Waals surface area contributed by atoms with Crippen molar-refractivity contribution < 1.29 is 13.3 Å². The summed E-state index contributed by atoms with van der Waals surface area (Å²) in [5.41, 5.74) is 6.02. The van der Waals surface area contributed by atoms with Crippen LogP contribution < -0.4 is 5.73 Å². The molecule has 0 aliphatic carbocycles. The molecule has 0 saturated carbocycles. The van der Waals surface area contributed by atoms with E-state index in [0.717, 1.165) is 5.71 Å². The molecule has 13 heavy (non-hydrogen) atoms. The van der Waals surface area contributed by atoms with E-state index in [-0.39, 0.29) is 11.5 Å². The Labute approximate surface area is 77.9 Å². The summed E-state index contributed by atoms with van der Waals surface area (Å²) < 4.78 is 22.0. The number of sulfone groups is 1. The van der Waals surface area contributed by atoms with Crippen LogP contribution in [-0.2, 0) is 14.7 Å². The van der Waals surface area contributed by atoms with Gasteiger partial charge in [0.15, 0.2) is 9.84 Å². The lowest BCUT2D eigenvalue weighted by molar-refractivity contribution is 0.151. The minimum absolute atomic E-state index is 0.192. The Balaban J connectivity index is 2.36. The summed E-state index contributed by atoms with van der Waals surface area (Å²) in [6.07, 6.45) is 0.986. The summed E-state index contributed by atoms with van der Waals surface area (Å²) in [6.45, 7) is 0.811. The highest BCUT2D eigenvalue weighted by Gasteiger charge is 2.20. The van der Waals surface area contributed by atoms with Crippen LogP contribution in [0.4, 0.5) is 0 Å². The van der Waals surface area contributed by atoms with Gasteiger partial charge in [0.1, 0.15) is 6.61 Å². The van der Waals surface area contributed by atoms with Crippen molar-refractivity contribution in [2.24, 2.45) is 10.9 Å². The van der Waals surface area contributed by atoms with Gasteiger partial charge in [-0.2, -0.15) is 0 Å². The average molecular weight is 206 g/mol. The van der Waals surface area contributed by atoms with Gasteiger partial charge in [0.2, 0.25) is 0 Å². The monoisotopic (exact) mass is 206 g/mol. The summed E-state index contributed by atoms with van der Waals surface area (Å²) in [4.78, 5) is 4.86. The largest absolute Gasteiger partial charge is 0.395 e. The molecule has 0 aromatic rings. The van der Waals surface area contributed by atoms with Crippen molar-refractivity contribution in [1.82, 2.24) is 0 Å². The zero-order chi connectivity index (χ0) is 9.73. The highest BCUT2D eigenvalue weighted by atomic mass is 32.2. The molecule has 1 rings (SSSR count). The van der Waals surface area contributed by atoms with Crippen LogP contribution in [0.5, 0.6) is 0 Å². The van der Waals surface area contributed by atoms with Gasteiger partial charge >= 0.3 is 0 Å². The molecule has 1 aliphatic rings. The third kappa shape index (κ3) is 3.73. The number of oxime groups is 1. The molecule has 1 fully saturated rings. The first-order chi connectivity index (χ1) is 6.14. The number of hydrogen-bond acceptors (Lipinski definition) is 5. The second-order valence-electron chi connectivity index (χ2n) is 2.93. The van der Waals surface area contributed by atoms with Crippen molar-refractivity contribution >= 4 is 15.5 Å². The molecular formula is C7H14N2O3S. The van der Waals surface area contributed by atoms with Crippen molar-refractivity contribution in [3.8, 4) is 0 Å². The lowest BCUT2D eigenvalue weighted by atomic mass is 10.2. The van der Waals surface area contributed by atoms with Crippen LogP contribution in [0.2, 0.25) is 0 Å². The SMILES string of the molecule is NCCON=C1CCS(=O)(=O)CC1. The summed E-state index contributed by atoms with van der Waals surface area (Å²) in [5.74, 6) is 0.385. The number of nitrogens with zero attached hydrogens (tertiary/aromatic N) is 1. The van der Waals surface area contributed by atoms with Crippen LogP contribution in [0.15, 0.2) is 5.16 Å². The molecule has 0 atom stereocenters. The average Bonchev–Trinajstić information content (AvgIpc) is 2.08. The molecule has 2 N–H and O–H groups in total. The molecule has 0 spiro atoms. The maximum absolute atomic E-state index is 11.0. The Morgan fingerprint density at radius 2 is 2.00 bits per heavy atom. The van der Waals surface area contributed by atoms with Gasteiger partial charge in [0.25, 0.3) is 0 Å². The fraction of sp³-hybridized carbons (Fsp3) is 0.857. The fourth-order valence-electron chi connectivity index (χ4n) is 1.05. The molecule has 1 aliphatic heterocycles. The zero-order valence-corrected chi connectivity index (χ0v) is 8.22. The fourth-order valence-corrected chi connectivity index (χ4v) is 2.35. The van der Waals surface area contributed by atoms with Gasteiger partial charge in [-0.1, -0.05) is 5.16 Å². The van der Waals surface area contributed by atoms with Crippen LogP contribution in [0.25, 0.3) is 0 Å². The lowest BCUT2D eigenvalue weighted by Crippen LogP contribution is -2.23. The van der Waals surface area contributed by atoms with E-state index in [1.807, 2.05) is 0 Å². The zero-order valence-electron chi connectivity index (χ0n) is 7.40. The van der Waals surface area contributed by atoms with Gasteiger partial charge in [-0.05, 0) is 0 Å². The summed E-state index contributed by atoms with van der Waals surface area (Å²) >= 11 is 0. The maximum Gasteiger partial charge on any atom is 0.151 e. The normalized spacial score (nSPS) is 21.2. The first-order valence-corrected chi connectivity index (χ1v) is 6.04. The predicted molar refractivity (Wildman–Crippen MR) is 50.3 cm³/mol. The van der Waals surface area contributed by atoms with Gasteiger partial charge in [-0.25, -0.2) is 8.42 Å². The molecule has 1 heterocycles. The molecule has 0 radical (unpaired) electrons. The quantitative estimate of drug-likeness (QED) is 0.500. The van der Waals surface area contributed by atoms with Gasteiger partial charge in [0.05, 0.1) is 17.2 Å². The Bertz CT molecular complexity index is 268. The van der Waals surface area contributed by atoms with E-state index in [9.17, 15) is 8.42 Å². The topological polar surface area (TPSA) is 81.8 Å². The number of rotatable bonds is 3. The lowest BCUT2D eigenvalue weighted by Gasteiger charge is -2.12. The van der Waals surface area contributed by atoms with E-state index in [2.05, 4.69) is 5.16 Å². The molecule has 0 aromatic carbocycles. The van der Waals surface area contributed by atoms with E-state index < -0.39 is 9.84 Å². The van der Waals surface area contributed by atoms with Crippen molar-refractivity contribution in [2.75, 3.05) is 24.7 Å². The smallest absolute Gasteiger partial charge is 0.151 e. The van der Waals surface area contributed by atoms with Gasteiger partial charge in [0, 0.05) is 19.4 Å². The summed E-state index contributed by atoms with van der Waals surface area (Å²) in [6, 6.07) is 0. The Morgan fingerprint density at radius 3 is 2.54 bits per heavy atom. The molecule has 6 heteroatoms. The van der Waals surface area contributed by atoms with Crippen LogP contribution in [0.3, 0.4) is 0 Å². The molecule has 0 amide bonds. The second-order valence-corrected chi connectivity index (χ2v) is 5.23. The van der Waals surface area contributed by atoms with Crippen LogP contribution >= 0.6 is 0 Å². The van der Waals surface area contributed by atoms with Crippen LogP contribution in [-0.4, -0.2) is 38.8 Å². The highest BCUT2D eigenvalue weighted by Crippen LogP contribution is 2.09. The van der Waals surface area contributed by atoms with Crippen LogP contribution in [0.1, 0.15) is 12.8 Å². The first-order valence-electron chi connectivity index (χ1n) is 4.22. The second kappa shape index (κ2) is 4.57. The Kier molecular flexibility index (Phi) is 3.68. The van der Waals surface area contributed by atoms with Crippen molar-refractivity contribution in [3.63, 3.8) is 0 Å². The maximum atomic E-state index is 11.0. The van der Waals surface area contributed by atoms with E-state index in [1.54, 1.807) is 0 Å². The van der Waals surface area contributed by atoms with E-state index in [0.29, 0.717) is 26.0 Å². The van der Waals surface area contributed by atoms with E-state index >= 15 is 0 Å². The Hall–Kier alpha value is -0.620. The molecular weight excluding hydrogens is 192 g/mol. The number of nitrogens with two attached hydrogens (primary N) is 1. The molecule has 0 bridgehead atoms. The molecule has 0 aromatic heterocycles. The standard InChI is InChI=1S/C7H14N2O3S/c8-3-4-12-9-7-1-5-13(10,11)6-2-7/h1-6,8H2. The van der Waals surface area contributed by atoms with Crippen molar-refractivity contribution in [1.29, 1.82) is 0 Å². The third-order valence-electron chi connectivity index (χ3n) is 1.81. The minimum Gasteiger partial charge on any atom is -0.395 e. The Morgan fingerprint density at radius 1 is 1.38 bits per heavy atom. The highest BCUT2D eigenvalue weighted by molar-refractivity contribution is 7.91. The first kappa shape index (κ1) is 10.5. The van der Waals surface area contributed by atoms with Gasteiger partial charge < -0.3 is 10.6 Å². The molecule has 1 saturated heterocycles. The van der Waals surface area contributed by atoms with Gasteiger partial charge in [-0.15, -0.1) is 0 Å². The summed E-state index contributed by atoms with van der Waals surface area (Å²) in [5, 5.41) is 3.81. The molecule has 76 valence electrons. The number of hydrogen-bond donors (Lipinski definition) is 1. The third-order valence-corrected chi connectivity index (χ3v) is 3.46. The predicted octanol–water partition coefficient (Wildman–Crippen LogP) is -0.474. The molecule has 0 unspecified atom stereocenters. The van der Waals surface area contributed by atoms with Gasteiger partial charge in [-0.3, -0.25) is 0 Å². The minimum atomic E-state index is -2.81. The van der Waals surface area contributed by atoms with Crippen molar-refractivity contribution in [3.05, 3.63) is 0 Å². The van der Waals surface area contributed by atoms with E-state index in [4.69, 9.17) is 10.6 Å². The van der Waals surface area contributed by atoms with E-state index in [1.165, 1.54) is 0 Å². The molecule has 5 nitrogen and oxygen atoms in total. The van der Waals surface area contributed by atoms with Crippen LogP contribution in [0, 0.1) is 0 Å². The van der Waals surface area contributed by atoms with Crippen molar-refractivity contribution in [2.45, 2.75) is 12.8 Å².